The second-order valence-corrected chi connectivity index (χ2v) is 8.39. The van der Waals surface area contributed by atoms with Gasteiger partial charge < -0.3 is 15.6 Å². The van der Waals surface area contributed by atoms with E-state index in [2.05, 4.69) is 22.4 Å². The smallest absolute Gasteiger partial charge is 0.251 e. The number of rotatable bonds is 5. The fourth-order valence-corrected chi connectivity index (χ4v) is 5.09. The van der Waals surface area contributed by atoms with Gasteiger partial charge >= 0.3 is 0 Å². The first-order valence-electron chi connectivity index (χ1n) is 8.09. The van der Waals surface area contributed by atoms with E-state index in [4.69, 9.17) is 5.73 Å². The zero-order chi connectivity index (χ0) is 18.1. The van der Waals surface area contributed by atoms with E-state index in [0.717, 1.165) is 30.7 Å². The number of nitrogens with two attached hydrogens (primary N) is 1. The van der Waals surface area contributed by atoms with Gasteiger partial charge in [-0.3, -0.25) is 9.59 Å². The van der Waals surface area contributed by atoms with Crippen LogP contribution >= 0.6 is 23.1 Å². The molecule has 2 amide bonds. The van der Waals surface area contributed by atoms with Crippen molar-refractivity contribution in [2.75, 3.05) is 11.1 Å². The Bertz CT molecular complexity index is 827. The maximum Gasteiger partial charge on any atom is 0.251 e. The maximum atomic E-state index is 12.3. The molecule has 0 saturated heterocycles. The number of hydrogen-bond acceptors (Lipinski definition) is 6. The zero-order valence-electron chi connectivity index (χ0n) is 14.5. The van der Waals surface area contributed by atoms with E-state index in [1.54, 1.807) is 0 Å². The molecule has 0 saturated carbocycles. The summed E-state index contributed by atoms with van der Waals surface area (Å²) in [7, 11) is 1.86. The van der Waals surface area contributed by atoms with Crippen molar-refractivity contribution in [1.82, 2.24) is 14.8 Å². The number of thioether (sulfide) groups is 1. The number of hydrogen-bond donors (Lipinski definition) is 2. The summed E-state index contributed by atoms with van der Waals surface area (Å²) < 4.78 is 1.83. The van der Waals surface area contributed by atoms with Gasteiger partial charge in [0.25, 0.3) is 5.91 Å². The average Bonchev–Trinajstić information content (AvgIpc) is 3.05. The summed E-state index contributed by atoms with van der Waals surface area (Å²) in [6.45, 7) is 4.05. The number of fused-ring (bicyclic) bond motifs is 1. The van der Waals surface area contributed by atoms with Crippen molar-refractivity contribution in [3.05, 3.63) is 21.8 Å². The van der Waals surface area contributed by atoms with Crippen LogP contribution in [0.3, 0.4) is 0 Å². The number of nitrogens with one attached hydrogen (secondary N) is 1. The van der Waals surface area contributed by atoms with Crippen LogP contribution in [0.4, 0.5) is 5.00 Å². The van der Waals surface area contributed by atoms with Crippen LogP contribution in [0.1, 0.15) is 40.0 Å². The number of carbonyl (C=O) groups excluding carboxylic acids is 2. The van der Waals surface area contributed by atoms with Gasteiger partial charge in [-0.15, -0.1) is 21.5 Å². The average molecular weight is 380 g/mol. The summed E-state index contributed by atoms with van der Waals surface area (Å²) in [5.41, 5.74) is 7.07. The number of anilines is 1. The van der Waals surface area contributed by atoms with E-state index < -0.39 is 5.91 Å². The number of nitrogens with zero attached hydrogens (tertiary/aromatic N) is 3. The van der Waals surface area contributed by atoms with Crippen molar-refractivity contribution in [3.63, 3.8) is 0 Å². The van der Waals surface area contributed by atoms with Crippen LogP contribution in [-0.4, -0.2) is 32.3 Å². The van der Waals surface area contributed by atoms with E-state index in [9.17, 15) is 9.59 Å². The van der Waals surface area contributed by atoms with Crippen molar-refractivity contribution >= 4 is 39.9 Å². The lowest BCUT2D eigenvalue weighted by Gasteiger charge is -2.18. The predicted octanol–water partition coefficient (Wildman–Crippen LogP) is 2.14. The largest absolute Gasteiger partial charge is 0.365 e. The molecule has 0 unspecified atom stereocenters. The molecule has 7 nitrogen and oxygen atoms in total. The van der Waals surface area contributed by atoms with Gasteiger partial charge in [-0.1, -0.05) is 18.7 Å². The maximum absolute atomic E-state index is 12.3. The van der Waals surface area contributed by atoms with Crippen LogP contribution < -0.4 is 11.1 Å². The molecule has 0 fully saturated rings. The van der Waals surface area contributed by atoms with Gasteiger partial charge in [0, 0.05) is 11.9 Å². The summed E-state index contributed by atoms with van der Waals surface area (Å²) in [6, 6.07) is 0. The van der Waals surface area contributed by atoms with Crippen LogP contribution in [0.5, 0.6) is 0 Å². The van der Waals surface area contributed by atoms with Crippen LogP contribution in [0, 0.1) is 12.8 Å². The quantitative estimate of drug-likeness (QED) is 0.775. The first-order chi connectivity index (χ1) is 11.9. The molecule has 2 heterocycles. The molecule has 0 spiro atoms. The highest BCUT2D eigenvalue weighted by atomic mass is 32.2. The molecule has 0 radical (unpaired) electrons. The number of primary amides is 1. The third-order valence-electron chi connectivity index (χ3n) is 4.40. The molecule has 25 heavy (non-hydrogen) atoms. The molecule has 9 heteroatoms. The molecular weight excluding hydrogens is 358 g/mol. The van der Waals surface area contributed by atoms with Gasteiger partial charge in [0.2, 0.25) is 5.91 Å². The van der Waals surface area contributed by atoms with Crippen molar-refractivity contribution in [3.8, 4) is 0 Å². The molecule has 2 aromatic heterocycles. The zero-order valence-corrected chi connectivity index (χ0v) is 16.1. The predicted molar refractivity (Wildman–Crippen MR) is 99.1 cm³/mol. The topological polar surface area (TPSA) is 103 Å². The Morgan fingerprint density at radius 1 is 1.44 bits per heavy atom. The van der Waals surface area contributed by atoms with E-state index >= 15 is 0 Å². The van der Waals surface area contributed by atoms with Gasteiger partial charge in [0.05, 0.1) is 11.3 Å². The van der Waals surface area contributed by atoms with E-state index in [-0.39, 0.29) is 11.7 Å². The van der Waals surface area contributed by atoms with Crippen molar-refractivity contribution in [2.24, 2.45) is 18.7 Å². The molecule has 134 valence electrons. The third kappa shape index (κ3) is 3.72. The number of amides is 2. The van der Waals surface area contributed by atoms with Crippen LogP contribution in [0.2, 0.25) is 0 Å². The van der Waals surface area contributed by atoms with Crippen molar-refractivity contribution in [2.45, 2.75) is 38.3 Å². The second kappa shape index (κ2) is 7.17. The third-order valence-corrected chi connectivity index (χ3v) is 6.59. The van der Waals surface area contributed by atoms with Crippen LogP contribution in [0.25, 0.3) is 0 Å². The minimum atomic E-state index is -0.473. The lowest BCUT2D eigenvalue weighted by molar-refractivity contribution is -0.113. The number of carbonyl (C=O) groups is 2. The number of aryl methyl sites for hydroxylation is 1. The molecule has 3 N–H and O–H groups in total. The van der Waals surface area contributed by atoms with E-state index in [1.165, 1.54) is 28.0 Å². The summed E-state index contributed by atoms with van der Waals surface area (Å²) in [5, 5.41) is 12.1. The Morgan fingerprint density at radius 2 is 2.20 bits per heavy atom. The van der Waals surface area contributed by atoms with Gasteiger partial charge in [-0.05, 0) is 37.7 Å². The first kappa shape index (κ1) is 17.9. The monoisotopic (exact) mass is 379 g/mol. The normalized spacial score (nSPS) is 16.5. The Balaban J connectivity index is 1.72. The first-order valence-corrected chi connectivity index (χ1v) is 9.90. The van der Waals surface area contributed by atoms with Crippen molar-refractivity contribution < 1.29 is 9.59 Å². The van der Waals surface area contributed by atoms with E-state index in [0.29, 0.717) is 21.6 Å². The lowest BCUT2D eigenvalue weighted by atomic mass is 9.88. The van der Waals surface area contributed by atoms with Gasteiger partial charge in [-0.25, -0.2) is 0 Å². The molecule has 1 atom stereocenters. The highest BCUT2D eigenvalue weighted by Crippen LogP contribution is 2.39. The fourth-order valence-electron chi connectivity index (χ4n) is 2.91. The van der Waals surface area contributed by atoms with Crippen LogP contribution in [-0.2, 0) is 24.7 Å². The molecule has 1 aliphatic rings. The van der Waals surface area contributed by atoms with Crippen LogP contribution in [0.15, 0.2) is 5.16 Å². The summed E-state index contributed by atoms with van der Waals surface area (Å²) in [5.74, 6) is 0.922. The number of thiophene rings is 1. The molecule has 3 rings (SSSR count). The summed E-state index contributed by atoms with van der Waals surface area (Å²) >= 11 is 2.79. The van der Waals surface area contributed by atoms with Crippen molar-refractivity contribution in [1.29, 1.82) is 0 Å². The summed E-state index contributed by atoms with van der Waals surface area (Å²) in [6.07, 6.45) is 2.82. The highest BCUT2D eigenvalue weighted by Gasteiger charge is 2.27. The van der Waals surface area contributed by atoms with Gasteiger partial charge in [0.15, 0.2) is 5.16 Å². The van der Waals surface area contributed by atoms with Gasteiger partial charge in [0.1, 0.15) is 10.8 Å². The standard InChI is InChI=1S/C16H21N5O2S2/c1-8-4-5-10-11(6-8)25-15(13(10)14(17)23)18-12(22)7-24-16-20-19-9(2)21(16)3/h8H,4-7H2,1-3H3,(H2,17,23)(H,18,22)/t8-/m0/s1. The molecule has 0 aromatic carbocycles. The van der Waals surface area contributed by atoms with Gasteiger partial charge in [-0.2, -0.15) is 0 Å². The molecule has 1 aliphatic carbocycles. The van der Waals surface area contributed by atoms with E-state index in [1.807, 2.05) is 18.5 Å². The Labute approximate surface area is 154 Å². The highest BCUT2D eigenvalue weighted by molar-refractivity contribution is 7.99. The molecule has 0 aliphatic heterocycles. The fraction of sp³-hybridized carbons (Fsp3) is 0.500. The minimum Gasteiger partial charge on any atom is -0.365 e. The summed E-state index contributed by atoms with van der Waals surface area (Å²) in [4.78, 5) is 25.4. The Hall–Kier alpha value is -1.87. The lowest BCUT2D eigenvalue weighted by Crippen LogP contribution is -2.20. The Kier molecular flexibility index (Phi) is 5.14. The SMILES string of the molecule is Cc1nnc(SCC(=O)Nc2sc3c(c2C(N)=O)CC[C@H](C)C3)n1C. The molecule has 0 bridgehead atoms. The Morgan fingerprint density at radius 3 is 2.84 bits per heavy atom. The minimum absolute atomic E-state index is 0.181. The molecule has 2 aromatic rings. The molecular formula is C16H21N5O2S2. The number of aromatic nitrogens is 3. The second-order valence-electron chi connectivity index (χ2n) is 6.35.